The summed E-state index contributed by atoms with van der Waals surface area (Å²) < 4.78 is 0. The lowest BCUT2D eigenvalue weighted by molar-refractivity contribution is -0.136. The quantitative estimate of drug-likeness (QED) is 0.699. The number of aliphatic carboxylic acids is 1. The van der Waals surface area contributed by atoms with E-state index in [1.54, 1.807) is 24.3 Å². The number of nitrogens with two attached hydrogens (primary N) is 1. The summed E-state index contributed by atoms with van der Waals surface area (Å²) in [6.45, 7) is 1.90. The van der Waals surface area contributed by atoms with Crippen LogP contribution in [0, 0.1) is 0 Å². The van der Waals surface area contributed by atoms with Gasteiger partial charge in [-0.05, 0) is 31.4 Å². The van der Waals surface area contributed by atoms with Gasteiger partial charge in [-0.1, -0.05) is 18.2 Å². The Morgan fingerprint density at radius 2 is 2.05 bits per heavy atom. The topological polar surface area (TPSA) is 92.4 Å². The SMILES string of the molecule is CC(N)CCCC(=O)Nc1ccccc1CC(=O)O. The maximum atomic E-state index is 11.7. The number of rotatable bonds is 7. The van der Waals surface area contributed by atoms with Gasteiger partial charge in [0, 0.05) is 18.2 Å². The second kappa shape index (κ2) is 7.53. The van der Waals surface area contributed by atoms with Crippen LogP contribution in [-0.4, -0.2) is 23.0 Å². The van der Waals surface area contributed by atoms with Gasteiger partial charge in [-0.25, -0.2) is 0 Å². The summed E-state index contributed by atoms with van der Waals surface area (Å²) in [6.07, 6.45) is 1.81. The third kappa shape index (κ3) is 6.01. The Morgan fingerprint density at radius 1 is 1.37 bits per heavy atom. The molecule has 1 aromatic rings. The zero-order valence-corrected chi connectivity index (χ0v) is 11.1. The van der Waals surface area contributed by atoms with Gasteiger partial charge >= 0.3 is 5.97 Å². The largest absolute Gasteiger partial charge is 0.481 e. The summed E-state index contributed by atoms with van der Waals surface area (Å²) in [5, 5.41) is 11.5. The maximum Gasteiger partial charge on any atom is 0.307 e. The van der Waals surface area contributed by atoms with Gasteiger partial charge in [0.05, 0.1) is 6.42 Å². The fourth-order valence-corrected chi connectivity index (χ4v) is 1.76. The molecule has 0 heterocycles. The van der Waals surface area contributed by atoms with E-state index < -0.39 is 5.97 Å². The van der Waals surface area contributed by atoms with Gasteiger partial charge in [0.25, 0.3) is 0 Å². The number of nitrogens with one attached hydrogen (secondary N) is 1. The van der Waals surface area contributed by atoms with Crippen molar-refractivity contribution in [1.82, 2.24) is 0 Å². The first-order valence-corrected chi connectivity index (χ1v) is 6.34. The Hall–Kier alpha value is -1.88. The molecule has 1 rings (SSSR count). The Kier molecular flexibility index (Phi) is 6.02. The fraction of sp³-hybridized carbons (Fsp3) is 0.429. The van der Waals surface area contributed by atoms with E-state index in [1.165, 1.54) is 0 Å². The van der Waals surface area contributed by atoms with Gasteiger partial charge in [-0.2, -0.15) is 0 Å². The number of carbonyl (C=O) groups is 2. The monoisotopic (exact) mass is 264 g/mol. The predicted octanol–water partition coefficient (Wildman–Crippen LogP) is 1.77. The molecule has 0 aliphatic rings. The normalized spacial score (nSPS) is 11.9. The van der Waals surface area contributed by atoms with Crippen LogP contribution in [-0.2, 0) is 16.0 Å². The molecule has 0 radical (unpaired) electrons. The van der Waals surface area contributed by atoms with Gasteiger partial charge in [0.2, 0.25) is 5.91 Å². The number of carboxylic acid groups (broad SMARTS) is 1. The minimum Gasteiger partial charge on any atom is -0.481 e. The summed E-state index contributed by atoms with van der Waals surface area (Å²) in [6, 6.07) is 7.02. The van der Waals surface area contributed by atoms with E-state index in [4.69, 9.17) is 10.8 Å². The Morgan fingerprint density at radius 3 is 2.68 bits per heavy atom. The lowest BCUT2D eigenvalue weighted by Crippen LogP contribution is -2.17. The lowest BCUT2D eigenvalue weighted by Gasteiger charge is -2.10. The minimum atomic E-state index is -0.918. The van der Waals surface area contributed by atoms with Crippen molar-refractivity contribution in [1.29, 1.82) is 0 Å². The van der Waals surface area contributed by atoms with Crippen molar-refractivity contribution < 1.29 is 14.7 Å². The van der Waals surface area contributed by atoms with E-state index in [1.807, 2.05) is 6.92 Å². The van der Waals surface area contributed by atoms with Crippen molar-refractivity contribution in [2.45, 2.75) is 38.6 Å². The third-order valence-corrected chi connectivity index (χ3v) is 2.70. The molecule has 1 atom stereocenters. The number of carbonyl (C=O) groups excluding carboxylic acids is 1. The van der Waals surface area contributed by atoms with E-state index in [9.17, 15) is 9.59 Å². The number of anilines is 1. The van der Waals surface area contributed by atoms with Crippen LogP contribution in [0.15, 0.2) is 24.3 Å². The summed E-state index contributed by atoms with van der Waals surface area (Å²) >= 11 is 0. The number of carboxylic acids is 1. The molecule has 19 heavy (non-hydrogen) atoms. The summed E-state index contributed by atoms with van der Waals surface area (Å²) in [4.78, 5) is 22.5. The van der Waals surface area contributed by atoms with E-state index >= 15 is 0 Å². The standard InChI is InChI=1S/C14H20N2O3/c1-10(15)5-4-8-13(17)16-12-7-3-2-6-11(12)9-14(18)19/h2-3,6-7,10H,4-5,8-9,15H2,1H3,(H,16,17)(H,18,19). The van der Waals surface area contributed by atoms with Crippen molar-refractivity contribution in [2.24, 2.45) is 5.73 Å². The van der Waals surface area contributed by atoms with Crippen molar-refractivity contribution in [3.05, 3.63) is 29.8 Å². The highest BCUT2D eigenvalue weighted by molar-refractivity contribution is 5.92. The van der Waals surface area contributed by atoms with Crippen LogP contribution in [0.2, 0.25) is 0 Å². The number of amides is 1. The van der Waals surface area contributed by atoms with Crippen molar-refractivity contribution >= 4 is 17.6 Å². The zero-order chi connectivity index (χ0) is 14.3. The predicted molar refractivity (Wildman–Crippen MR) is 73.9 cm³/mol. The van der Waals surface area contributed by atoms with Gasteiger partial charge in [-0.3, -0.25) is 9.59 Å². The minimum absolute atomic E-state index is 0.0899. The molecular formula is C14H20N2O3. The summed E-state index contributed by atoms with van der Waals surface area (Å²) in [7, 11) is 0. The highest BCUT2D eigenvalue weighted by Gasteiger charge is 2.09. The molecule has 0 saturated carbocycles. The number of hydrogen-bond acceptors (Lipinski definition) is 3. The van der Waals surface area contributed by atoms with Gasteiger partial charge < -0.3 is 16.2 Å². The number of hydrogen-bond donors (Lipinski definition) is 3. The van der Waals surface area contributed by atoms with Crippen molar-refractivity contribution in [2.75, 3.05) is 5.32 Å². The smallest absolute Gasteiger partial charge is 0.307 e. The molecule has 0 bridgehead atoms. The first kappa shape index (κ1) is 15.2. The molecule has 0 fully saturated rings. The Labute approximate surface area is 112 Å². The van der Waals surface area contributed by atoms with Gasteiger partial charge in [0.1, 0.15) is 0 Å². The van der Waals surface area contributed by atoms with Gasteiger partial charge in [-0.15, -0.1) is 0 Å². The van der Waals surface area contributed by atoms with Crippen molar-refractivity contribution in [3.8, 4) is 0 Å². The van der Waals surface area contributed by atoms with Crippen LogP contribution in [0.25, 0.3) is 0 Å². The Balaban J connectivity index is 2.56. The van der Waals surface area contributed by atoms with E-state index in [-0.39, 0.29) is 18.4 Å². The highest BCUT2D eigenvalue weighted by atomic mass is 16.4. The number of para-hydroxylation sites is 1. The van der Waals surface area contributed by atoms with E-state index in [0.29, 0.717) is 17.7 Å². The van der Waals surface area contributed by atoms with Crippen LogP contribution in [0.5, 0.6) is 0 Å². The molecule has 1 amide bonds. The fourth-order valence-electron chi connectivity index (χ4n) is 1.76. The van der Waals surface area contributed by atoms with E-state index in [0.717, 1.165) is 12.8 Å². The van der Waals surface area contributed by atoms with E-state index in [2.05, 4.69) is 5.32 Å². The number of benzene rings is 1. The third-order valence-electron chi connectivity index (χ3n) is 2.70. The molecule has 0 aliphatic heterocycles. The molecular weight excluding hydrogens is 244 g/mol. The average Bonchev–Trinajstić information content (AvgIpc) is 2.30. The molecule has 0 saturated heterocycles. The van der Waals surface area contributed by atoms with Crippen molar-refractivity contribution in [3.63, 3.8) is 0 Å². The molecule has 0 aliphatic carbocycles. The average molecular weight is 264 g/mol. The zero-order valence-electron chi connectivity index (χ0n) is 11.1. The summed E-state index contributed by atoms with van der Waals surface area (Å²) in [5.41, 5.74) is 6.79. The molecule has 0 spiro atoms. The molecule has 5 nitrogen and oxygen atoms in total. The highest BCUT2D eigenvalue weighted by Crippen LogP contribution is 2.16. The Bertz CT molecular complexity index is 444. The maximum absolute atomic E-state index is 11.7. The molecule has 1 unspecified atom stereocenters. The van der Waals surface area contributed by atoms with Crippen LogP contribution < -0.4 is 11.1 Å². The first-order valence-electron chi connectivity index (χ1n) is 6.34. The van der Waals surface area contributed by atoms with Crippen LogP contribution >= 0.6 is 0 Å². The molecule has 104 valence electrons. The van der Waals surface area contributed by atoms with Crippen LogP contribution in [0.4, 0.5) is 5.69 Å². The molecule has 0 aromatic heterocycles. The van der Waals surface area contributed by atoms with Gasteiger partial charge in [0.15, 0.2) is 0 Å². The first-order chi connectivity index (χ1) is 8.99. The lowest BCUT2D eigenvalue weighted by atomic mass is 10.1. The molecule has 5 heteroatoms. The second-order valence-corrected chi connectivity index (χ2v) is 4.65. The summed E-state index contributed by atoms with van der Waals surface area (Å²) in [5.74, 6) is -1.03. The van der Waals surface area contributed by atoms with Crippen LogP contribution in [0.3, 0.4) is 0 Å². The molecule has 1 aromatic carbocycles. The second-order valence-electron chi connectivity index (χ2n) is 4.65. The molecule has 4 N–H and O–H groups in total. The van der Waals surface area contributed by atoms with Crippen LogP contribution in [0.1, 0.15) is 31.7 Å².